The van der Waals surface area contributed by atoms with Crippen LogP contribution in [-0.4, -0.2) is 17.0 Å². The van der Waals surface area contributed by atoms with Gasteiger partial charge in [-0.15, -0.1) is 0 Å². The highest BCUT2D eigenvalue weighted by Gasteiger charge is 2.16. The maximum absolute atomic E-state index is 13.7. The first-order chi connectivity index (χ1) is 8.20. The van der Waals surface area contributed by atoms with Crippen molar-refractivity contribution in [2.45, 2.75) is 12.5 Å². The highest BCUT2D eigenvalue weighted by Crippen LogP contribution is 2.23. The van der Waals surface area contributed by atoms with Gasteiger partial charge in [0.05, 0.1) is 0 Å². The summed E-state index contributed by atoms with van der Waals surface area (Å²) in [4.78, 5) is 7.13. The summed E-state index contributed by atoms with van der Waals surface area (Å²) >= 11 is 5.88. The van der Waals surface area contributed by atoms with Crippen LogP contribution in [0.4, 0.5) is 4.39 Å². The molecule has 0 saturated carbocycles. The summed E-state index contributed by atoms with van der Waals surface area (Å²) in [6.07, 6.45) is 4.01. The van der Waals surface area contributed by atoms with Crippen LogP contribution in [0.5, 0.6) is 0 Å². The topological polar surface area (TPSA) is 40.7 Å². The van der Waals surface area contributed by atoms with Gasteiger partial charge in [-0.1, -0.05) is 11.6 Å². The quantitative estimate of drug-likeness (QED) is 0.880. The van der Waals surface area contributed by atoms with E-state index in [-0.39, 0.29) is 11.9 Å². The molecule has 1 atom stereocenters. The van der Waals surface area contributed by atoms with E-state index in [0.29, 0.717) is 17.0 Å². The zero-order chi connectivity index (χ0) is 12.3. The monoisotopic (exact) mass is 253 g/mol. The van der Waals surface area contributed by atoms with Gasteiger partial charge >= 0.3 is 0 Å². The van der Waals surface area contributed by atoms with Gasteiger partial charge in [0.25, 0.3) is 0 Å². The fourth-order valence-electron chi connectivity index (χ4n) is 1.75. The van der Waals surface area contributed by atoms with Gasteiger partial charge in [0, 0.05) is 35.4 Å². The van der Waals surface area contributed by atoms with Crippen molar-refractivity contribution in [1.29, 1.82) is 0 Å². The average Bonchev–Trinajstić information content (AvgIpc) is 2.82. The molecule has 1 aromatic carbocycles. The zero-order valence-corrected chi connectivity index (χ0v) is 10.1. The molecule has 2 rings (SSSR count). The van der Waals surface area contributed by atoms with Crippen molar-refractivity contribution in [3.8, 4) is 0 Å². The van der Waals surface area contributed by atoms with Crippen molar-refractivity contribution >= 4 is 11.6 Å². The first kappa shape index (κ1) is 12.1. The number of rotatable bonds is 4. The Labute approximate surface area is 104 Å². The molecule has 0 aliphatic heterocycles. The van der Waals surface area contributed by atoms with Crippen molar-refractivity contribution in [3.63, 3.8) is 0 Å². The van der Waals surface area contributed by atoms with Crippen LogP contribution in [-0.2, 0) is 6.42 Å². The fraction of sp³-hybridized carbons (Fsp3) is 0.250. The highest BCUT2D eigenvalue weighted by atomic mass is 35.5. The molecule has 1 unspecified atom stereocenters. The van der Waals surface area contributed by atoms with Crippen LogP contribution in [0.25, 0.3) is 0 Å². The maximum Gasteiger partial charge on any atom is 0.128 e. The Bertz CT molecular complexity index is 485. The summed E-state index contributed by atoms with van der Waals surface area (Å²) in [6, 6.07) is 4.41. The number of aromatic nitrogens is 2. The number of hydrogen-bond donors (Lipinski definition) is 2. The van der Waals surface area contributed by atoms with Crippen molar-refractivity contribution in [3.05, 3.63) is 52.8 Å². The predicted molar refractivity (Wildman–Crippen MR) is 65.5 cm³/mol. The molecule has 1 aromatic heterocycles. The first-order valence-electron chi connectivity index (χ1n) is 5.31. The molecule has 0 fully saturated rings. The van der Waals surface area contributed by atoms with Crippen LogP contribution in [0.1, 0.15) is 17.4 Å². The van der Waals surface area contributed by atoms with E-state index in [1.807, 2.05) is 0 Å². The van der Waals surface area contributed by atoms with Crippen molar-refractivity contribution < 1.29 is 4.39 Å². The minimum atomic E-state index is -0.264. The molecule has 0 radical (unpaired) electrons. The summed E-state index contributed by atoms with van der Waals surface area (Å²) in [5.74, 6) is 0.545. The van der Waals surface area contributed by atoms with Gasteiger partial charge in [0.1, 0.15) is 11.6 Å². The van der Waals surface area contributed by atoms with Gasteiger partial charge in [0.15, 0.2) is 0 Å². The van der Waals surface area contributed by atoms with E-state index in [4.69, 9.17) is 11.6 Å². The Morgan fingerprint density at radius 1 is 1.53 bits per heavy atom. The molecule has 0 amide bonds. The SMILES string of the molecule is CNC(Cc1ncc[nH]1)c1cc(Cl)ccc1F. The van der Waals surface area contributed by atoms with E-state index in [2.05, 4.69) is 15.3 Å². The molecule has 2 N–H and O–H groups in total. The zero-order valence-electron chi connectivity index (χ0n) is 9.37. The van der Waals surface area contributed by atoms with E-state index in [0.717, 1.165) is 5.82 Å². The molecule has 0 spiro atoms. The lowest BCUT2D eigenvalue weighted by Crippen LogP contribution is -2.20. The second-order valence-electron chi connectivity index (χ2n) is 3.75. The second kappa shape index (κ2) is 5.29. The molecule has 0 aliphatic carbocycles. The summed E-state index contributed by atoms with van der Waals surface area (Å²) in [5.41, 5.74) is 0.552. The third kappa shape index (κ3) is 2.84. The maximum atomic E-state index is 13.7. The standard InChI is InChI=1S/C12H13ClFN3/c1-15-11(7-12-16-4-5-17-12)9-6-8(13)2-3-10(9)14/h2-6,11,15H,7H2,1H3,(H,16,17). The van der Waals surface area contributed by atoms with Crippen LogP contribution in [0.3, 0.4) is 0 Å². The lowest BCUT2D eigenvalue weighted by molar-refractivity contribution is 0.527. The molecule has 5 heteroatoms. The lowest BCUT2D eigenvalue weighted by Gasteiger charge is -2.16. The second-order valence-corrected chi connectivity index (χ2v) is 4.18. The van der Waals surface area contributed by atoms with E-state index < -0.39 is 0 Å². The number of nitrogens with zero attached hydrogens (tertiary/aromatic N) is 1. The van der Waals surface area contributed by atoms with Gasteiger partial charge in [-0.2, -0.15) is 0 Å². The molecule has 90 valence electrons. The van der Waals surface area contributed by atoms with Crippen LogP contribution in [0.2, 0.25) is 5.02 Å². The van der Waals surface area contributed by atoms with Gasteiger partial charge in [-0.3, -0.25) is 0 Å². The number of imidazole rings is 1. The summed E-state index contributed by atoms with van der Waals surface area (Å²) in [5, 5.41) is 3.59. The van der Waals surface area contributed by atoms with Crippen LogP contribution in [0.15, 0.2) is 30.6 Å². The Morgan fingerprint density at radius 3 is 3.00 bits per heavy atom. The van der Waals surface area contributed by atoms with E-state index >= 15 is 0 Å². The minimum Gasteiger partial charge on any atom is -0.349 e. The molecular weight excluding hydrogens is 241 g/mol. The fourth-order valence-corrected chi connectivity index (χ4v) is 1.93. The van der Waals surface area contributed by atoms with Gasteiger partial charge in [0.2, 0.25) is 0 Å². The van der Waals surface area contributed by atoms with Crippen LogP contribution < -0.4 is 5.32 Å². The summed E-state index contributed by atoms with van der Waals surface area (Å²) < 4.78 is 13.7. The largest absolute Gasteiger partial charge is 0.349 e. The Morgan fingerprint density at radius 2 is 2.35 bits per heavy atom. The van der Waals surface area contributed by atoms with Gasteiger partial charge in [-0.25, -0.2) is 9.37 Å². The smallest absolute Gasteiger partial charge is 0.128 e. The number of likely N-dealkylation sites (N-methyl/N-ethyl adjacent to an activating group) is 1. The Balaban J connectivity index is 2.25. The van der Waals surface area contributed by atoms with Crippen molar-refractivity contribution in [1.82, 2.24) is 15.3 Å². The van der Waals surface area contributed by atoms with Crippen LogP contribution >= 0.6 is 11.6 Å². The van der Waals surface area contributed by atoms with Gasteiger partial charge in [-0.05, 0) is 25.2 Å². The number of aromatic amines is 1. The van der Waals surface area contributed by atoms with E-state index in [1.54, 1.807) is 31.6 Å². The molecule has 2 aromatic rings. The van der Waals surface area contributed by atoms with Crippen LogP contribution in [0, 0.1) is 5.82 Å². The Hall–Kier alpha value is -1.39. The highest BCUT2D eigenvalue weighted by molar-refractivity contribution is 6.30. The normalized spacial score (nSPS) is 12.6. The predicted octanol–water partition coefficient (Wildman–Crippen LogP) is 2.71. The van der Waals surface area contributed by atoms with E-state index in [1.165, 1.54) is 6.07 Å². The summed E-state index contributed by atoms with van der Waals surface area (Å²) in [6.45, 7) is 0. The van der Waals surface area contributed by atoms with Gasteiger partial charge < -0.3 is 10.3 Å². The van der Waals surface area contributed by atoms with Crippen molar-refractivity contribution in [2.75, 3.05) is 7.05 Å². The third-order valence-corrected chi connectivity index (χ3v) is 2.87. The average molecular weight is 254 g/mol. The molecule has 0 aliphatic rings. The molecule has 0 bridgehead atoms. The molecular formula is C12H13ClFN3. The Kier molecular flexibility index (Phi) is 3.76. The van der Waals surface area contributed by atoms with E-state index in [9.17, 15) is 4.39 Å². The molecule has 1 heterocycles. The lowest BCUT2D eigenvalue weighted by atomic mass is 10.0. The molecule has 3 nitrogen and oxygen atoms in total. The number of benzene rings is 1. The number of hydrogen-bond acceptors (Lipinski definition) is 2. The number of H-pyrrole nitrogens is 1. The number of halogens is 2. The molecule has 17 heavy (non-hydrogen) atoms. The van der Waals surface area contributed by atoms with Crippen molar-refractivity contribution in [2.24, 2.45) is 0 Å². The molecule has 0 saturated heterocycles. The minimum absolute atomic E-state index is 0.153. The number of nitrogens with one attached hydrogen (secondary N) is 2. The third-order valence-electron chi connectivity index (χ3n) is 2.63. The first-order valence-corrected chi connectivity index (χ1v) is 5.69. The summed E-state index contributed by atoms with van der Waals surface area (Å²) in [7, 11) is 1.79.